The van der Waals surface area contributed by atoms with Crippen LogP contribution in [0, 0.1) is 5.82 Å². The van der Waals surface area contributed by atoms with E-state index >= 15 is 0 Å². The second kappa shape index (κ2) is 8.26. The third-order valence-electron chi connectivity index (χ3n) is 4.92. The summed E-state index contributed by atoms with van der Waals surface area (Å²) in [5.74, 6) is -0.737. The fourth-order valence-electron chi connectivity index (χ4n) is 3.30. The molecule has 1 aromatic carbocycles. The number of hydrogen-bond donors (Lipinski definition) is 2. The molecule has 1 aliphatic rings. The smallest absolute Gasteiger partial charge is 0.280 e. The van der Waals surface area contributed by atoms with Crippen molar-refractivity contribution < 1.29 is 17.6 Å². The third-order valence-corrected chi connectivity index (χ3v) is 7.50. The molecule has 0 unspecified atom stereocenters. The number of aromatic nitrogens is 2. The zero-order chi connectivity index (χ0) is 21.3. The summed E-state index contributed by atoms with van der Waals surface area (Å²) < 4.78 is 43.3. The van der Waals surface area contributed by atoms with Crippen LogP contribution in [-0.4, -0.2) is 41.5 Å². The summed E-state index contributed by atoms with van der Waals surface area (Å²) in [5, 5.41) is 8.82. The fourth-order valence-corrected chi connectivity index (χ4v) is 5.43. The zero-order valence-electron chi connectivity index (χ0n) is 16.0. The van der Waals surface area contributed by atoms with Crippen molar-refractivity contribution in [1.82, 2.24) is 18.8 Å². The molecule has 2 aromatic heterocycles. The minimum absolute atomic E-state index is 0.311. The van der Waals surface area contributed by atoms with E-state index < -0.39 is 28.2 Å². The van der Waals surface area contributed by atoms with Crippen molar-refractivity contribution in [3.63, 3.8) is 0 Å². The van der Waals surface area contributed by atoms with Gasteiger partial charge in [0.25, 0.3) is 10.2 Å². The van der Waals surface area contributed by atoms with Crippen LogP contribution < -0.4 is 10.0 Å². The topological polar surface area (TPSA) is 96.3 Å². The molecule has 1 aliphatic heterocycles. The molecule has 0 radical (unpaired) electrons. The van der Waals surface area contributed by atoms with Gasteiger partial charge in [-0.15, -0.1) is 11.3 Å². The summed E-state index contributed by atoms with van der Waals surface area (Å²) in [5.41, 5.74) is 1.32. The molecule has 1 amide bonds. The quantitative estimate of drug-likeness (QED) is 0.625. The molecule has 1 saturated heterocycles. The monoisotopic (exact) mass is 449 g/mol. The SMILES string of the molecule is CN1[C@H](C(=O)Nc2cnn(Cc3ccc(F)cc3)c2)C[C@H](c2cccs2)NS1(=O)=O. The number of likely N-dealkylation sites (N-methyl/N-ethyl adjacent to an activating group) is 1. The Hall–Kier alpha value is -2.60. The maximum absolute atomic E-state index is 13.0. The minimum Gasteiger partial charge on any atom is -0.322 e. The maximum Gasteiger partial charge on any atom is 0.280 e. The number of nitrogens with one attached hydrogen (secondary N) is 2. The lowest BCUT2D eigenvalue weighted by Gasteiger charge is -2.35. The normalized spacial score (nSPS) is 21.4. The molecule has 4 rings (SSSR count). The van der Waals surface area contributed by atoms with E-state index in [1.54, 1.807) is 23.0 Å². The molecule has 0 aliphatic carbocycles. The summed E-state index contributed by atoms with van der Waals surface area (Å²) in [4.78, 5) is 13.7. The summed E-state index contributed by atoms with van der Waals surface area (Å²) >= 11 is 1.44. The number of carbonyl (C=O) groups is 1. The van der Waals surface area contributed by atoms with Crippen LogP contribution in [-0.2, 0) is 21.5 Å². The second-order valence-electron chi connectivity index (χ2n) is 7.00. The molecule has 11 heteroatoms. The molecule has 8 nitrogen and oxygen atoms in total. The number of carbonyl (C=O) groups excluding carboxylic acids is 1. The van der Waals surface area contributed by atoms with Crippen LogP contribution in [0.5, 0.6) is 0 Å². The van der Waals surface area contributed by atoms with E-state index in [9.17, 15) is 17.6 Å². The van der Waals surface area contributed by atoms with Crippen LogP contribution in [0.15, 0.2) is 54.2 Å². The maximum atomic E-state index is 13.0. The molecule has 0 saturated carbocycles. The van der Waals surface area contributed by atoms with Crippen LogP contribution >= 0.6 is 11.3 Å². The average Bonchev–Trinajstić information content (AvgIpc) is 3.38. The molecule has 30 heavy (non-hydrogen) atoms. The Labute approximate surface area is 177 Å². The van der Waals surface area contributed by atoms with Gasteiger partial charge < -0.3 is 5.32 Å². The third kappa shape index (κ3) is 4.43. The van der Waals surface area contributed by atoms with Crippen LogP contribution in [0.4, 0.5) is 10.1 Å². The Morgan fingerprint density at radius 2 is 2.10 bits per heavy atom. The standard InChI is InChI=1S/C19H20FN5O3S2/c1-24-17(9-16(23-30(24,27)28)18-3-2-8-29-18)19(26)22-15-10-21-25(12-15)11-13-4-6-14(20)7-5-13/h2-8,10,12,16-17,23H,9,11H2,1H3,(H,22,26)/t16-,17+/m1/s1. The van der Waals surface area contributed by atoms with Gasteiger partial charge in [-0.2, -0.15) is 22.5 Å². The Kier molecular flexibility index (Phi) is 5.69. The largest absolute Gasteiger partial charge is 0.322 e. The first-order chi connectivity index (χ1) is 14.3. The summed E-state index contributed by atoms with van der Waals surface area (Å²) in [7, 11) is -2.40. The fraction of sp³-hybridized carbons (Fsp3) is 0.263. The molecule has 3 aromatic rings. The number of amides is 1. The van der Waals surface area contributed by atoms with Crippen LogP contribution in [0.3, 0.4) is 0 Å². The van der Waals surface area contributed by atoms with Gasteiger partial charge in [0.15, 0.2) is 0 Å². The van der Waals surface area contributed by atoms with Crippen molar-refractivity contribution in [2.75, 3.05) is 12.4 Å². The second-order valence-corrected chi connectivity index (χ2v) is 9.74. The number of rotatable bonds is 5. The molecule has 0 bridgehead atoms. The van der Waals surface area contributed by atoms with Gasteiger partial charge in [0.1, 0.15) is 11.9 Å². The van der Waals surface area contributed by atoms with E-state index in [1.807, 2.05) is 17.5 Å². The van der Waals surface area contributed by atoms with Gasteiger partial charge >= 0.3 is 0 Å². The number of benzene rings is 1. The van der Waals surface area contributed by atoms with Gasteiger partial charge in [-0.3, -0.25) is 9.48 Å². The Balaban J connectivity index is 1.46. The minimum atomic E-state index is -3.78. The van der Waals surface area contributed by atoms with E-state index in [0.29, 0.717) is 18.7 Å². The predicted molar refractivity (Wildman–Crippen MR) is 112 cm³/mol. The van der Waals surface area contributed by atoms with Gasteiger partial charge in [-0.1, -0.05) is 18.2 Å². The van der Waals surface area contributed by atoms with Crippen molar-refractivity contribution in [2.45, 2.75) is 25.0 Å². The predicted octanol–water partition coefficient (Wildman–Crippen LogP) is 2.35. The molecule has 2 N–H and O–H groups in total. The number of anilines is 1. The van der Waals surface area contributed by atoms with E-state index in [1.165, 1.54) is 36.7 Å². The average molecular weight is 450 g/mol. The molecule has 158 valence electrons. The summed E-state index contributed by atoms with van der Waals surface area (Å²) in [6.07, 6.45) is 3.45. The molecule has 0 spiro atoms. The highest BCUT2D eigenvalue weighted by atomic mass is 32.2. The number of nitrogens with zero attached hydrogens (tertiary/aromatic N) is 3. The van der Waals surface area contributed by atoms with E-state index in [-0.39, 0.29) is 5.82 Å². The number of thiophene rings is 1. The summed E-state index contributed by atoms with van der Waals surface area (Å²) in [6, 6.07) is 8.45. The first kappa shape index (κ1) is 20.7. The Morgan fingerprint density at radius 1 is 1.33 bits per heavy atom. The number of halogens is 1. The van der Waals surface area contributed by atoms with Crippen molar-refractivity contribution in [1.29, 1.82) is 0 Å². The lowest BCUT2D eigenvalue weighted by molar-refractivity contribution is -0.120. The highest BCUT2D eigenvalue weighted by Crippen LogP contribution is 2.30. The van der Waals surface area contributed by atoms with Gasteiger partial charge in [-0.05, 0) is 35.6 Å². The van der Waals surface area contributed by atoms with Gasteiger partial charge in [0.2, 0.25) is 5.91 Å². The molecular weight excluding hydrogens is 429 g/mol. The van der Waals surface area contributed by atoms with Crippen LogP contribution in [0.2, 0.25) is 0 Å². The van der Waals surface area contributed by atoms with Crippen LogP contribution in [0.1, 0.15) is 22.9 Å². The highest BCUT2D eigenvalue weighted by molar-refractivity contribution is 7.87. The van der Waals surface area contributed by atoms with Crippen molar-refractivity contribution in [3.8, 4) is 0 Å². The molecule has 3 heterocycles. The zero-order valence-corrected chi connectivity index (χ0v) is 17.7. The van der Waals surface area contributed by atoms with Gasteiger partial charge in [-0.25, -0.2) is 4.39 Å². The van der Waals surface area contributed by atoms with Gasteiger partial charge in [0.05, 0.1) is 24.5 Å². The Bertz CT molecular complexity index is 1130. The highest BCUT2D eigenvalue weighted by Gasteiger charge is 2.41. The lowest BCUT2D eigenvalue weighted by Crippen LogP contribution is -2.55. The van der Waals surface area contributed by atoms with Gasteiger partial charge in [0, 0.05) is 18.1 Å². The van der Waals surface area contributed by atoms with Crippen molar-refractivity contribution >= 4 is 33.1 Å². The first-order valence-corrected chi connectivity index (χ1v) is 11.5. The molecule has 2 atom stereocenters. The van der Waals surface area contributed by atoms with E-state index in [4.69, 9.17) is 0 Å². The van der Waals surface area contributed by atoms with Crippen LogP contribution in [0.25, 0.3) is 0 Å². The first-order valence-electron chi connectivity index (χ1n) is 9.18. The summed E-state index contributed by atoms with van der Waals surface area (Å²) in [6.45, 7) is 0.415. The molecular formula is C19H20FN5O3S2. The number of hydrogen-bond acceptors (Lipinski definition) is 5. The van der Waals surface area contributed by atoms with Crippen molar-refractivity contribution in [2.24, 2.45) is 0 Å². The Morgan fingerprint density at radius 3 is 2.80 bits per heavy atom. The van der Waals surface area contributed by atoms with E-state index in [2.05, 4.69) is 15.1 Å². The van der Waals surface area contributed by atoms with E-state index in [0.717, 1.165) is 14.7 Å². The van der Waals surface area contributed by atoms with Crippen molar-refractivity contribution in [3.05, 3.63) is 70.4 Å². The lowest BCUT2D eigenvalue weighted by atomic mass is 10.1. The molecule has 1 fully saturated rings.